The van der Waals surface area contributed by atoms with Gasteiger partial charge in [0, 0.05) is 17.7 Å². The van der Waals surface area contributed by atoms with Crippen LogP contribution in [0.4, 0.5) is 10.5 Å². The Kier molecular flexibility index (Phi) is 4.30. The summed E-state index contributed by atoms with van der Waals surface area (Å²) in [4.78, 5) is 20.8. The molecule has 1 N–H and O–H groups in total. The van der Waals surface area contributed by atoms with Gasteiger partial charge in [-0.05, 0) is 11.6 Å². The molecule has 0 aliphatic heterocycles. The molecule has 106 valence electrons. The zero-order valence-corrected chi connectivity index (χ0v) is 10.8. The number of non-ortho nitro benzene ring substituents is 1. The standard InChI is InChI=1S/C15H11NO5/c17-15(18)21-14-7-2-1-5-12(14)9-8-11-4-3-6-13(10-11)16(19)20/h1-10H,(H,17,18). The van der Waals surface area contributed by atoms with Crippen molar-refractivity contribution in [2.45, 2.75) is 0 Å². The van der Waals surface area contributed by atoms with Crippen molar-refractivity contribution >= 4 is 24.0 Å². The third-order valence-electron chi connectivity index (χ3n) is 2.65. The van der Waals surface area contributed by atoms with Crippen LogP contribution >= 0.6 is 0 Å². The number of nitro groups is 1. The molecule has 2 aromatic carbocycles. The van der Waals surface area contributed by atoms with Gasteiger partial charge < -0.3 is 9.84 Å². The molecule has 0 aliphatic rings. The van der Waals surface area contributed by atoms with Crippen LogP contribution in [0.15, 0.2) is 48.5 Å². The summed E-state index contributed by atoms with van der Waals surface area (Å²) >= 11 is 0. The molecule has 0 radical (unpaired) electrons. The molecule has 0 bridgehead atoms. The van der Waals surface area contributed by atoms with Crippen molar-refractivity contribution in [3.63, 3.8) is 0 Å². The molecule has 21 heavy (non-hydrogen) atoms. The fourth-order valence-corrected chi connectivity index (χ4v) is 1.73. The summed E-state index contributed by atoms with van der Waals surface area (Å²) in [5, 5.41) is 19.4. The van der Waals surface area contributed by atoms with Gasteiger partial charge in [0.1, 0.15) is 5.75 Å². The van der Waals surface area contributed by atoms with E-state index >= 15 is 0 Å². The van der Waals surface area contributed by atoms with Crippen molar-refractivity contribution in [1.29, 1.82) is 0 Å². The van der Waals surface area contributed by atoms with Gasteiger partial charge in [-0.1, -0.05) is 42.5 Å². The lowest BCUT2D eigenvalue weighted by Gasteiger charge is -2.03. The molecule has 0 fully saturated rings. The van der Waals surface area contributed by atoms with Crippen LogP contribution < -0.4 is 4.74 Å². The van der Waals surface area contributed by atoms with E-state index in [9.17, 15) is 14.9 Å². The topological polar surface area (TPSA) is 89.7 Å². The van der Waals surface area contributed by atoms with E-state index < -0.39 is 11.1 Å². The van der Waals surface area contributed by atoms with Crippen LogP contribution in [0.3, 0.4) is 0 Å². The van der Waals surface area contributed by atoms with Gasteiger partial charge in [-0.15, -0.1) is 0 Å². The summed E-state index contributed by atoms with van der Waals surface area (Å²) < 4.78 is 4.65. The summed E-state index contributed by atoms with van der Waals surface area (Å²) in [5.41, 5.74) is 1.19. The first-order chi connectivity index (χ1) is 10.1. The lowest BCUT2D eigenvalue weighted by atomic mass is 10.1. The van der Waals surface area contributed by atoms with Gasteiger partial charge in [-0.2, -0.15) is 0 Å². The minimum atomic E-state index is -1.40. The van der Waals surface area contributed by atoms with Gasteiger partial charge in [0.05, 0.1) is 4.92 Å². The Morgan fingerprint density at radius 2 is 1.90 bits per heavy atom. The van der Waals surface area contributed by atoms with Crippen LogP contribution in [0.2, 0.25) is 0 Å². The first-order valence-electron chi connectivity index (χ1n) is 5.98. The molecule has 6 heteroatoms. The average molecular weight is 285 g/mol. The minimum Gasteiger partial charge on any atom is -0.449 e. The third-order valence-corrected chi connectivity index (χ3v) is 2.65. The first-order valence-corrected chi connectivity index (χ1v) is 5.98. The highest BCUT2D eigenvalue weighted by Gasteiger charge is 2.06. The molecular formula is C15H11NO5. The lowest BCUT2D eigenvalue weighted by Crippen LogP contribution is -2.03. The largest absolute Gasteiger partial charge is 0.511 e. The van der Waals surface area contributed by atoms with Crippen molar-refractivity contribution in [3.8, 4) is 5.75 Å². The number of rotatable bonds is 4. The van der Waals surface area contributed by atoms with Crippen molar-refractivity contribution in [2.24, 2.45) is 0 Å². The number of para-hydroxylation sites is 1. The van der Waals surface area contributed by atoms with Crippen LogP contribution in [0.25, 0.3) is 12.2 Å². The molecular weight excluding hydrogens is 274 g/mol. The summed E-state index contributed by atoms with van der Waals surface area (Å²) in [6.07, 6.45) is 1.89. The van der Waals surface area contributed by atoms with Crippen LogP contribution in [0.5, 0.6) is 5.75 Å². The highest BCUT2D eigenvalue weighted by molar-refractivity contribution is 5.75. The molecule has 0 amide bonds. The smallest absolute Gasteiger partial charge is 0.449 e. The van der Waals surface area contributed by atoms with Crippen LogP contribution in [0.1, 0.15) is 11.1 Å². The zero-order chi connectivity index (χ0) is 15.2. The van der Waals surface area contributed by atoms with Crippen LogP contribution in [-0.2, 0) is 0 Å². The predicted molar refractivity (Wildman–Crippen MR) is 77.1 cm³/mol. The highest BCUT2D eigenvalue weighted by Crippen LogP contribution is 2.22. The monoisotopic (exact) mass is 285 g/mol. The van der Waals surface area contributed by atoms with E-state index in [1.807, 2.05) is 0 Å². The van der Waals surface area contributed by atoms with Gasteiger partial charge in [0.2, 0.25) is 0 Å². The normalized spacial score (nSPS) is 10.5. The Morgan fingerprint density at radius 1 is 1.14 bits per heavy atom. The quantitative estimate of drug-likeness (QED) is 0.303. The molecule has 0 unspecified atom stereocenters. The van der Waals surface area contributed by atoms with Crippen LogP contribution in [-0.4, -0.2) is 16.2 Å². The molecule has 0 saturated carbocycles. The van der Waals surface area contributed by atoms with Crippen molar-refractivity contribution in [1.82, 2.24) is 0 Å². The van der Waals surface area contributed by atoms with E-state index in [-0.39, 0.29) is 11.4 Å². The second kappa shape index (κ2) is 6.33. The number of carboxylic acid groups (broad SMARTS) is 1. The van der Waals surface area contributed by atoms with E-state index in [0.717, 1.165) is 0 Å². The van der Waals surface area contributed by atoms with Crippen LogP contribution in [0, 0.1) is 10.1 Å². The SMILES string of the molecule is O=C(O)Oc1ccccc1C=Cc1cccc([N+](=O)[O-])c1. The molecule has 0 spiro atoms. The molecule has 0 saturated heterocycles. The van der Waals surface area contributed by atoms with Gasteiger partial charge in [-0.25, -0.2) is 4.79 Å². The molecule has 6 nitrogen and oxygen atoms in total. The Balaban J connectivity index is 2.27. The van der Waals surface area contributed by atoms with E-state index in [1.165, 1.54) is 18.2 Å². The van der Waals surface area contributed by atoms with E-state index in [0.29, 0.717) is 11.1 Å². The second-order valence-electron chi connectivity index (χ2n) is 4.09. The molecule has 2 aromatic rings. The third kappa shape index (κ3) is 3.90. The maximum atomic E-state index is 10.7. The second-order valence-corrected chi connectivity index (χ2v) is 4.09. The maximum Gasteiger partial charge on any atom is 0.511 e. The van der Waals surface area contributed by atoms with E-state index in [2.05, 4.69) is 4.74 Å². The number of benzene rings is 2. The zero-order valence-electron chi connectivity index (χ0n) is 10.8. The lowest BCUT2D eigenvalue weighted by molar-refractivity contribution is -0.384. The summed E-state index contributed by atoms with van der Waals surface area (Å²) in [6.45, 7) is 0. The number of hydrogen-bond acceptors (Lipinski definition) is 4. The molecule has 2 rings (SSSR count). The number of hydrogen-bond donors (Lipinski definition) is 1. The Bertz CT molecular complexity index is 709. The maximum absolute atomic E-state index is 10.7. The Morgan fingerprint density at radius 3 is 2.62 bits per heavy atom. The fourth-order valence-electron chi connectivity index (χ4n) is 1.73. The summed E-state index contributed by atoms with van der Waals surface area (Å²) in [7, 11) is 0. The molecule has 0 heterocycles. The van der Waals surface area contributed by atoms with Gasteiger partial charge >= 0.3 is 6.16 Å². The van der Waals surface area contributed by atoms with E-state index in [4.69, 9.17) is 5.11 Å². The first kappa shape index (κ1) is 14.3. The van der Waals surface area contributed by atoms with Gasteiger partial charge in [0.25, 0.3) is 5.69 Å². The fraction of sp³-hybridized carbons (Fsp3) is 0. The van der Waals surface area contributed by atoms with Crippen molar-refractivity contribution in [2.75, 3.05) is 0 Å². The minimum absolute atomic E-state index is 0.00720. The van der Waals surface area contributed by atoms with E-state index in [1.54, 1.807) is 42.5 Å². The number of ether oxygens (including phenoxy) is 1. The predicted octanol–water partition coefficient (Wildman–Crippen LogP) is 3.82. The highest BCUT2D eigenvalue weighted by atomic mass is 16.7. The number of nitrogens with zero attached hydrogens (tertiary/aromatic N) is 1. The summed E-state index contributed by atoms with van der Waals surface area (Å²) in [6, 6.07) is 12.7. The van der Waals surface area contributed by atoms with Crippen molar-refractivity contribution in [3.05, 3.63) is 69.8 Å². The molecule has 0 atom stereocenters. The van der Waals surface area contributed by atoms with Gasteiger partial charge in [0.15, 0.2) is 0 Å². The van der Waals surface area contributed by atoms with Crippen molar-refractivity contribution < 1.29 is 19.6 Å². The Labute approximate surface area is 120 Å². The Hall–Kier alpha value is -3.15. The number of carbonyl (C=O) groups is 1. The molecule has 0 aliphatic carbocycles. The average Bonchev–Trinajstić information content (AvgIpc) is 2.46. The van der Waals surface area contributed by atoms with Gasteiger partial charge in [-0.3, -0.25) is 10.1 Å². The molecule has 0 aromatic heterocycles. The summed E-state index contributed by atoms with van der Waals surface area (Å²) in [5.74, 6) is 0.201. The number of nitro benzene ring substituents is 1.